The average molecular weight is 451 g/mol. The van der Waals surface area contributed by atoms with Crippen molar-refractivity contribution in [1.29, 1.82) is 0 Å². The van der Waals surface area contributed by atoms with Crippen molar-refractivity contribution in [3.63, 3.8) is 0 Å². The van der Waals surface area contributed by atoms with E-state index < -0.39 is 0 Å². The molecule has 0 radical (unpaired) electrons. The lowest BCUT2D eigenvalue weighted by molar-refractivity contribution is 0.265. The van der Waals surface area contributed by atoms with Gasteiger partial charge in [0.15, 0.2) is 5.96 Å². The summed E-state index contributed by atoms with van der Waals surface area (Å²) in [5.41, 5.74) is 2.51. The number of rotatable bonds is 6. The Hall–Kier alpha value is -1.60. The number of hydrogen-bond donors (Lipinski definition) is 3. The lowest BCUT2D eigenvalue weighted by atomic mass is 10.0. The van der Waals surface area contributed by atoms with Crippen LogP contribution in [-0.2, 0) is 0 Å². The van der Waals surface area contributed by atoms with E-state index in [2.05, 4.69) is 39.9 Å². The predicted molar refractivity (Wildman–Crippen MR) is 114 cm³/mol. The summed E-state index contributed by atoms with van der Waals surface area (Å²) >= 11 is 0. The van der Waals surface area contributed by atoms with E-state index in [1.54, 1.807) is 7.05 Å². The van der Waals surface area contributed by atoms with E-state index in [1.807, 2.05) is 36.4 Å². The minimum Gasteiger partial charge on any atom is -0.396 e. The summed E-state index contributed by atoms with van der Waals surface area (Å²) in [4.78, 5) is 4.31. The molecule has 0 bridgehead atoms. The summed E-state index contributed by atoms with van der Waals surface area (Å²) < 4.78 is 0. The highest BCUT2D eigenvalue weighted by Gasteiger charge is 2.38. The minimum atomic E-state index is 0. The standard InChI is InChI=1S/C20H25N3O.HI/c1-21-20(22-13-17(14-24)15-8-4-2-5-9-15)23-19-12-18(19)16-10-6-3-7-11-16;/h2-11,17-19,24H,12-14H2,1H3,(H2,21,22,23);1H. The first-order valence-electron chi connectivity index (χ1n) is 8.49. The van der Waals surface area contributed by atoms with Gasteiger partial charge < -0.3 is 15.7 Å². The summed E-state index contributed by atoms with van der Waals surface area (Å²) in [6, 6.07) is 21.1. The van der Waals surface area contributed by atoms with Gasteiger partial charge in [-0.1, -0.05) is 60.7 Å². The van der Waals surface area contributed by atoms with Crippen molar-refractivity contribution in [1.82, 2.24) is 10.6 Å². The van der Waals surface area contributed by atoms with E-state index in [9.17, 15) is 5.11 Å². The molecule has 1 saturated carbocycles. The first-order valence-corrected chi connectivity index (χ1v) is 8.49. The quantitative estimate of drug-likeness (QED) is 0.360. The molecule has 0 amide bonds. The molecular weight excluding hydrogens is 425 g/mol. The smallest absolute Gasteiger partial charge is 0.191 e. The van der Waals surface area contributed by atoms with Crippen LogP contribution < -0.4 is 10.6 Å². The highest BCUT2D eigenvalue weighted by molar-refractivity contribution is 14.0. The zero-order valence-electron chi connectivity index (χ0n) is 14.4. The molecule has 3 N–H and O–H groups in total. The Morgan fingerprint density at radius 3 is 2.36 bits per heavy atom. The van der Waals surface area contributed by atoms with Crippen LogP contribution in [0.4, 0.5) is 0 Å². The van der Waals surface area contributed by atoms with E-state index in [1.165, 1.54) is 5.56 Å². The molecule has 0 aliphatic heterocycles. The Morgan fingerprint density at radius 1 is 1.12 bits per heavy atom. The van der Waals surface area contributed by atoms with Gasteiger partial charge in [-0.25, -0.2) is 0 Å². The molecule has 1 aliphatic carbocycles. The number of hydrogen-bond acceptors (Lipinski definition) is 2. The maximum atomic E-state index is 9.65. The largest absolute Gasteiger partial charge is 0.396 e. The third-order valence-corrected chi connectivity index (χ3v) is 4.57. The average Bonchev–Trinajstić information content (AvgIpc) is 3.42. The van der Waals surface area contributed by atoms with E-state index in [0.717, 1.165) is 17.9 Å². The van der Waals surface area contributed by atoms with Crippen molar-refractivity contribution >= 4 is 29.9 Å². The summed E-state index contributed by atoms with van der Waals surface area (Å²) in [6.45, 7) is 0.771. The fourth-order valence-electron chi connectivity index (χ4n) is 3.03. The molecule has 4 nitrogen and oxygen atoms in total. The van der Waals surface area contributed by atoms with Crippen LogP contribution in [0.3, 0.4) is 0 Å². The lowest BCUT2D eigenvalue weighted by Gasteiger charge is -2.18. The third kappa shape index (κ3) is 5.44. The van der Waals surface area contributed by atoms with E-state index >= 15 is 0 Å². The van der Waals surface area contributed by atoms with Crippen molar-refractivity contribution in [3.8, 4) is 0 Å². The zero-order valence-corrected chi connectivity index (χ0v) is 16.8. The van der Waals surface area contributed by atoms with Gasteiger partial charge in [0.05, 0.1) is 6.61 Å². The minimum absolute atomic E-state index is 0. The third-order valence-electron chi connectivity index (χ3n) is 4.57. The lowest BCUT2D eigenvalue weighted by Crippen LogP contribution is -2.41. The molecule has 0 saturated heterocycles. The Bertz CT molecular complexity index is 663. The first-order chi connectivity index (χ1) is 11.8. The molecule has 5 heteroatoms. The normalized spacial score (nSPS) is 20.3. The van der Waals surface area contributed by atoms with Crippen LogP contribution in [0.2, 0.25) is 0 Å². The number of guanidine groups is 1. The molecule has 0 aromatic heterocycles. The molecule has 2 aromatic carbocycles. The number of benzene rings is 2. The van der Waals surface area contributed by atoms with Crippen LogP contribution in [0.25, 0.3) is 0 Å². The summed E-state index contributed by atoms with van der Waals surface area (Å²) in [6.07, 6.45) is 1.13. The molecule has 1 fully saturated rings. The molecule has 0 heterocycles. The molecular formula is C20H26IN3O. The molecule has 2 aromatic rings. The second kappa shape index (κ2) is 9.77. The topological polar surface area (TPSA) is 56.7 Å². The SMILES string of the molecule is CN=C(NCC(CO)c1ccccc1)NC1CC1c1ccccc1.I. The van der Waals surface area contributed by atoms with Crippen LogP contribution in [-0.4, -0.2) is 37.3 Å². The van der Waals surface area contributed by atoms with Gasteiger partial charge in [-0.3, -0.25) is 4.99 Å². The van der Waals surface area contributed by atoms with Gasteiger partial charge >= 0.3 is 0 Å². The monoisotopic (exact) mass is 451 g/mol. The van der Waals surface area contributed by atoms with Crippen LogP contribution in [0.1, 0.15) is 29.4 Å². The summed E-state index contributed by atoms with van der Waals surface area (Å²) in [7, 11) is 1.78. The highest BCUT2D eigenvalue weighted by Crippen LogP contribution is 2.40. The maximum absolute atomic E-state index is 9.65. The van der Waals surface area contributed by atoms with Crippen LogP contribution in [0.15, 0.2) is 65.7 Å². The van der Waals surface area contributed by atoms with Crippen LogP contribution in [0, 0.1) is 0 Å². The van der Waals surface area contributed by atoms with Crippen molar-refractivity contribution in [3.05, 3.63) is 71.8 Å². The number of nitrogens with zero attached hydrogens (tertiary/aromatic N) is 1. The van der Waals surface area contributed by atoms with E-state index in [4.69, 9.17) is 0 Å². The van der Waals surface area contributed by atoms with Gasteiger partial charge in [0, 0.05) is 31.5 Å². The van der Waals surface area contributed by atoms with Crippen molar-refractivity contribution in [2.45, 2.75) is 24.3 Å². The second-order valence-corrected chi connectivity index (χ2v) is 6.25. The number of aliphatic hydroxyl groups is 1. The highest BCUT2D eigenvalue weighted by atomic mass is 127. The summed E-state index contributed by atoms with van der Waals surface area (Å²) in [5.74, 6) is 1.43. The van der Waals surface area contributed by atoms with E-state index in [0.29, 0.717) is 18.5 Å². The van der Waals surface area contributed by atoms with Gasteiger partial charge in [0.1, 0.15) is 0 Å². The van der Waals surface area contributed by atoms with Crippen LogP contribution >= 0.6 is 24.0 Å². The van der Waals surface area contributed by atoms with Gasteiger partial charge in [0.25, 0.3) is 0 Å². The first kappa shape index (κ1) is 19.7. The fraction of sp³-hybridized carbons (Fsp3) is 0.350. The molecule has 3 unspecified atom stereocenters. The molecule has 134 valence electrons. The van der Waals surface area contributed by atoms with Crippen LogP contribution in [0.5, 0.6) is 0 Å². The number of aliphatic hydroxyl groups excluding tert-OH is 1. The Morgan fingerprint density at radius 2 is 1.76 bits per heavy atom. The van der Waals surface area contributed by atoms with Gasteiger partial charge in [-0.15, -0.1) is 24.0 Å². The number of halogens is 1. The van der Waals surface area contributed by atoms with Gasteiger partial charge in [0.2, 0.25) is 0 Å². The Labute approximate surface area is 166 Å². The fourth-order valence-corrected chi connectivity index (χ4v) is 3.03. The molecule has 3 atom stereocenters. The second-order valence-electron chi connectivity index (χ2n) is 6.25. The zero-order chi connectivity index (χ0) is 16.8. The van der Waals surface area contributed by atoms with Gasteiger partial charge in [-0.05, 0) is 17.5 Å². The molecule has 25 heavy (non-hydrogen) atoms. The van der Waals surface area contributed by atoms with Crippen molar-refractivity contribution in [2.75, 3.05) is 20.2 Å². The molecule has 1 aliphatic rings. The van der Waals surface area contributed by atoms with Gasteiger partial charge in [-0.2, -0.15) is 0 Å². The molecule has 0 spiro atoms. The number of aliphatic imine (C=N–C) groups is 1. The van der Waals surface area contributed by atoms with Crippen molar-refractivity contribution < 1.29 is 5.11 Å². The number of nitrogens with one attached hydrogen (secondary N) is 2. The maximum Gasteiger partial charge on any atom is 0.191 e. The Kier molecular flexibility index (Phi) is 7.71. The Balaban J connectivity index is 0.00000225. The summed E-state index contributed by atoms with van der Waals surface area (Å²) in [5, 5.41) is 16.5. The van der Waals surface area contributed by atoms with Crippen molar-refractivity contribution in [2.24, 2.45) is 4.99 Å². The predicted octanol–water partition coefficient (Wildman–Crippen LogP) is 3.10. The van der Waals surface area contributed by atoms with E-state index in [-0.39, 0.29) is 36.5 Å². The molecule has 3 rings (SSSR count).